The maximum Gasteiger partial charge on any atom is 0.194 e. The molecule has 112 valence electrons. The summed E-state index contributed by atoms with van der Waals surface area (Å²) in [7, 11) is 0. The molecule has 0 aliphatic carbocycles. The number of halogens is 3. The number of nitrogens with zero attached hydrogens (tertiary/aromatic N) is 1. The first-order valence-corrected chi connectivity index (χ1v) is 7.15. The van der Waals surface area contributed by atoms with Gasteiger partial charge in [0.25, 0.3) is 0 Å². The fraction of sp³-hybridized carbons (Fsp3) is 0.600. The third-order valence-electron chi connectivity index (χ3n) is 4.07. The van der Waals surface area contributed by atoms with E-state index < -0.39 is 17.5 Å². The molecule has 2 nitrogen and oxygen atoms in total. The molecule has 2 N–H and O–H groups in total. The molecule has 2 atom stereocenters. The Bertz CT molecular complexity index is 441. The minimum Gasteiger partial charge on any atom is -0.329 e. The van der Waals surface area contributed by atoms with Gasteiger partial charge in [0.1, 0.15) is 0 Å². The number of hydrogen-bond acceptors (Lipinski definition) is 2. The zero-order chi connectivity index (χ0) is 14.7. The minimum atomic E-state index is -1.42. The van der Waals surface area contributed by atoms with Gasteiger partial charge in [-0.1, -0.05) is 13.3 Å². The topological polar surface area (TPSA) is 29.3 Å². The third kappa shape index (κ3) is 3.15. The molecule has 0 bridgehead atoms. The van der Waals surface area contributed by atoms with Gasteiger partial charge < -0.3 is 5.73 Å². The van der Waals surface area contributed by atoms with E-state index in [9.17, 15) is 13.2 Å². The Balaban J connectivity index is 2.17. The summed E-state index contributed by atoms with van der Waals surface area (Å²) >= 11 is 0. The molecule has 0 amide bonds. The number of hydrogen-bond donors (Lipinski definition) is 1. The SMILES string of the molecule is CCCC1CCN(C(CN)c2cc(F)c(F)c(F)c2)C1. The van der Waals surface area contributed by atoms with Crippen LogP contribution < -0.4 is 5.73 Å². The highest BCUT2D eigenvalue weighted by atomic mass is 19.2. The standard InChI is InChI=1S/C15H21F3N2/c1-2-3-10-4-5-20(9-10)14(8-19)11-6-12(16)15(18)13(17)7-11/h6-7,10,14H,2-5,8-9,19H2,1H3. The van der Waals surface area contributed by atoms with E-state index in [0.29, 0.717) is 11.5 Å². The Morgan fingerprint density at radius 3 is 2.50 bits per heavy atom. The lowest BCUT2D eigenvalue weighted by molar-refractivity contribution is 0.238. The summed E-state index contributed by atoms with van der Waals surface area (Å²) in [5, 5.41) is 0. The van der Waals surface area contributed by atoms with Gasteiger partial charge in [0, 0.05) is 19.1 Å². The van der Waals surface area contributed by atoms with Gasteiger partial charge in [-0.2, -0.15) is 0 Å². The first-order valence-electron chi connectivity index (χ1n) is 7.15. The van der Waals surface area contributed by atoms with Gasteiger partial charge in [0.15, 0.2) is 17.5 Å². The van der Waals surface area contributed by atoms with Crippen molar-refractivity contribution in [3.05, 3.63) is 35.1 Å². The summed E-state index contributed by atoms with van der Waals surface area (Å²) in [5.41, 5.74) is 6.18. The Kier molecular flexibility index (Phi) is 5.05. The van der Waals surface area contributed by atoms with Crippen LogP contribution in [0, 0.1) is 23.4 Å². The second-order valence-corrected chi connectivity index (χ2v) is 5.49. The number of benzene rings is 1. The van der Waals surface area contributed by atoms with Crippen LogP contribution in [0.15, 0.2) is 12.1 Å². The monoisotopic (exact) mass is 286 g/mol. The van der Waals surface area contributed by atoms with E-state index in [1.54, 1.807) is 0 Å². The van der Waals surface area contributed by atoms with Crippen LogP contribution in [-0.4, -0.2) is 24.5 Å². The lowest BCUT2D eigenvalue weighted by Crippen LogP contribution is -2.32. The summed E-state index contributed by atoms with van der Waals surface area (Å²) < 4.78 is 39.7. The summed E-state index contributed by atoms with van der Waals surface area (Å²) in [5.74, 6) is -3.11. The largest absolute Gasteiger partial charge is 0.329 e. The molecular weight excluding hydrogens is 265 g/mol. The van der Waals surface area contributed by atoms with Gasteiger partial charge in [-0.3, -0.25) is 4.90 Å². The van der Waals surface area contributed by atoms with Crippen LogP contribution in [0.1, 0.15) is 37.8 Å². The van der Waals surface area contributed by atoms with Crippen molar-refractivity contribution in [1.82, 2.24) is 4.90 Å². The van der Waals surface area contributed by atoms with E-state index in [-0.39, 0.29) is 12.6 Å². The zero-order valence-corrected chi connectivity index (χ0v) is 11.7. The smallest absolute Gasteiger partial charge is 0.194 e. The molecule has 1 aliphatic rings. The van der Waals surface area contributed by atoms with E-state index in [1.165, 1.54) is 0 Å². The summed E-state index contributed by atoms with van der Waals surface area (Å²) in [4.78, 5) is 2.15. The van der Waals surface area contributed by atoms with Crippen LogP contribution in [0.4, 0.5) is 13.2 Å². The highest BCUT2D eigenvalue weighted by Crippen LogP contribution is 2.30. The van der Waals surface area contributed by atoms with E-state index in [1.807, 2.05) is 0 Å². The zero-order valence-electron chi connectivity index (χ0n) is 11.7. The molecule has 1 aromatic carbocycles. The van der Waals surface area contributed by atoms with Crippen molar-refractivity contribution < 1.29 is 13.2 Å². The summed E-state index contributed by atoms with van der Waals surface area (Å²) in [6.07, 6.45) is 3.36. The normalized spacial score (nSPS) is 21.4. The average Bonchev–Trinajstić information content (AvgIpc) is 2.85. The lowest BCUT2D eigenvalue weighted by Gasteiger charge is -2.27. The van der Waals surface area contributed by atoms with Crippen molar-refractivity contribution in [2.45, 2.75) is 32.2 Å². The van der Waals surface area contributed by atoms with Crippen molar-refractivity contribution in [3.8, 4) is 0 Å². The van der Waals surface area contributed by atoms with Gasteiger partial charge in [0.05, 0.1) is 0 Å². The fourth-order valence-corrected chi connectivity index (χ4v) is 3.05. The van der Waals surface area contributed by atoms with Crippen LogP contribution in [0.3, 0.4) is 0 Å². The minimum absolute atomic E-state index is 0.249. The van der Waals surface area contributed by atoms with Crippen LogP contribution in [0.5, 0.6) is 0 Å². The van der Waals surface area contributed by atoms with Crippen LogP contribution >= 0.6 is 0 Å². The maximum absolute atomic E-state index is 13.3. The van der Waals surface area contributed by atoms with Gasteiger partial charge >= 0.3 is 0 Å². The van der Waals surface area contributed by atoms with Crippen molar-refractivity contribution in [2.24, 2.45) is 11.7 Å². The molecule has 1 aliphatic heterocycles. The Morgan fingerprint density at radius 1 is 1.30 bits per heavy atom. The highest BCUT2D eigenvalue weighted by molar-refractivity contribution is 5.23. The molecule has 0 spiro atoms. The maximum atomic E-state index is 13.3. The summed E-state index contributed by atoms with van der Waals surface area (Å²) in [6.45, 7) is 4.17. The summed E-state index contributed by atoms with van der Waals surface area (Å²) in [6, 6.07) is 1.87. The molecular formula is C15H21F3N2. The number of nitrogens with two attached hydrogens (primary N) is 1. The molecule has 1 heterocycles. The van der Waals surface area contributed by atoms with Crippen LogP contribution in [0.2, 0.25) is 0 Å². The van der Waals surface area contributed by atoms with Crippen LogP contribution in [-0.2, 0) is 0 Å². The molecule has 2 rings (SSSR count). The van der Waals surface area contributed by atoms with Crippen molar-refractivity contribution >= 4 is 0 Å². The fourth-order valence-electron chi connectivity index (χ4n) is 3.05. The van der Waals surface area contributed by atoms with E-state index in [4.69, 9.17) is 5.73 Å². The van der Waals surface area contributed by atoms with E-state index >= 15 is 0 Å². The molecule has 2 unspecified atom stereocenters. The molecule has 20 heavy (non-hydrogen) atoms. The molecule has 0 radical (unpaired) electrons. The second kappa shape index (κ2) is 6.59. The predicted molar refractivity (Wildman–Crippen MR) is 72.7 cm³/mol. The molecule has 0 aromatic heterocycles. The van der Waals surface area contributed by atoms with Gasteiger partial charge in [-0.15, -0.1) is 0 Å². The Hall–Kier alpha value is -1.07. The molecule has 1 fully saturated rings. The molecule has 5 heteroatoms. The van der Waals surface area contributed by atoms with Gasteiger partial charge in [-0.25, -0.2) is 13.2 Å². The predicted octanol–water partition coefficient (Wildman–Crippen LogP) is 3.23. The molecule has 0 saturated carbocycles. The second-order valence-electron chi connectivity index (χ2n) is 5.49. The van der Waals surface area contributed by atoms with Gasteiger partial charge in [-0.05, 0) is 43.0 Å². The Morgan fingerprint density at radius 2 is 1.95 bits per heavy atom. The van der Waals surface area contributed by atoms with Gasteiger partial charge in [0.2, 0.25) is 0 Å². The highest BCUT2D eigenvalue weighted by Gasteiger charge is 2.29. The Labute approximate surface area is 117 Å². The first kappa shape index (κ1) is 15.3. The average molecular weight is 286 g/mol. The molecule has 1 saturated heterocycles. The van der Waals surface area contributed by atoms with E-state index in [2.05, 4.69) is 11.8 Å². The lowest BCUT2D eigenvalue weighted by atomic mass is 10.0. The van der Waals surface area contributed by atoms with Crippen molar-refractivity contribution in [1.29, 1.82) is 0 Å². The number of rotatable bonds is 5. The number of likely N-dealkylation sites (tertiary alicyclic amines) is 1. The van der Waals surface area contributed by atoms with Crippen molar-refractivity contribution in [3.63, 3.8) is 0 Å². The third-order valence-corrected chi connectivity index (χ3v) is 4.07. The molecule has 1 aromatic rings. The van der Waals surface area contributed by atoms with E-state index in [0.717, 1.165) is 44.5 Å². The van der Waals surface area contributed by atoms with Crippen molar-refractivity contribution in [2.75, 3.05) is 19.6 Å². The quantitative estimate of drug-likeness (QED) is 0.842. The first-order chi connectivity index (χ1) is 9.56. The van der Waals surface area contributed by atoms with Crippen LogP contribution in [0.25, 0.3) is 0 Å².